The van der Waals surface area contributed by atoms with E-state index in [1.54, 1.807) is 13.3 Å². The van der Waals surface area contributed by atoms with E-state index >= 15 is 0 Å². The van der Waals surface area contributed by atoms with Gasteiger partial charge in [0, 0.05) is 18.0 Å². The van der Waals surface area contributed by atoms with Gasteiger partial charge in [0.05, 0.1) is 6.10 Å². The van der Waals surface area contributed by atoms with Crippen molar-refractivity contribution in [3.05, 3.63) is 35.5 Å². The van der Waals surface area contributed by atoms with Crippen LogP contribution in [0.2, 0.25) is 0 Å². The van der Waals surface area contributed by atoms with Crippen molar-refractivity contribution in [2.45, 2.75) is 59.2 Å². The maximum Gasteiger partial charge on any atom is 0.259 e. The Morgan fingerprint density at radius 3 is 2.44 bits per heavy atom. The van der Waals surface area contributed by atoms with E-state index in [-0.39, 0.29) is 24.1 Å². The number of rotatable bonds is 10. The van der Waals surface area contributed by atoms with Crippen LogP contribution in [0.5, 0.6) is 0 Å². The van der Waals surface area contributed by atoms with Gasteiger partial charge in [-0.05, 0) is 59.2 Å². The lowest BCUT2D eigenvalue weighted by atomic mass is 9.87. The highest BCUT2D eigenvalue weighted by Crippen LogP contribution is 2.49. The normalized spacial score (nSPS) is 24.9. The Kier molecular flexibility index (Phi) is 10.5. The van der Waals surface area contributed by atoms with E-state index in [4.69, 9.17) is 15.6 Å². The van der Waals surface area contributed by atoms with E-state index in [2.05, 4.69) is 56.3 Å². The second-order valence-corrected chi connectivity index (χ2v) is 12.7. The first-order valence-electron chi connectivity index (χ1n) is 9.68. The average Bonchev–Trinajstić information content (AvgIpc) is 2.52. The Labute approximate surface area is 167 Å². The molecular formula is C20H36N2O3P2. The summed E-state index contributed by atoms with van der Waals surface area (Å²) in [6.07, 6.45) is 7.27. The molecule has 0 saturated carbocycles. The molecule has 0 bridgehead atoms. The van der Waals surface area contributed by atoms with Crippen molar-refractivity contribution in [3.8, 4) is 0 Å². The van der Waals surface area contributed by atoms with Gasteiger partial charge < -0.3 is 18.5 Å². The lowest BCUT2D eigenvalue weighted by molar-refractivity contribution is 0.103. The van der Waals surface area contributed by atoms with Crippen LogP contribution in [0, 0.1) is 18.4 Å². The van der Waals surface area contributed by atoms with E-state index in [9.17, 15) is 4.57 Å². The molecular weight excluding hydrogens is 378 g/mol. The van der Waals surface area contributed by atoms with Crippen molar-refractivity contribution in [2.24, 2.45) is 11.8 Å². The smallest absolute Gasteiger partial charge is 0.259 e. The standard InChI is InChI=1S/C20H36N2O3P2/c1-16(2)22(17(3)4)26(24-13-12-21-6)25-20-15-18(5)9-10-19(20)11-14-27(7,8)23/h9-11,14,16-20H,12-13,15H2,1-5,7-8H3/b14-11+. The summed E-state index contributed by atoms with van der Waals surface area (Å²) < 4.78 is 27.0. The number of nitrogens with zero attached hydrogens (tertiary/aromatic N) is 2. The van der Waals surface area contributed by atoms with Crippen molar-refractivity contribution in [1.82, 2.24) is 4.67 Å². The minimum Gasteiger partial charge on any atom is -0.320 e. The van der Waals surface area contributed by atoms with Gasteiger partial charge in [-0.15, -0.1) is 0 Å². The van der Waals surface area contributed by atoms with Gasteiger partial charge in [0.15, 0.2) is 0 Å². The van der Waals surface area contributed by atoms with Gasteiger partial charge in [-0.3, -0.25) is 0 Å². The molecule has 5 nitrogen and oxygen atoms in total. The van der Waals surface area contributed by atoms with Crippen molar-refractivity contribution < 1.29 is 13.6 Å². The first-order valence-corrected chi connectivity index (χ1v) is 13.5. The summed E-state index contributed by atoms with van der Waals surface area (Å²) in [7, 11) is -3.49. The van der Waals surface area contributed by atoms with Crippen molar-refractivity contribution in [1.29, 1.82) is 0 Å². The quantitative estimate of drug-likeness (QED) is 0.190. The van der Waals surface area contributed by atoms with Crippen LogP contribution in [0.3, 0.4) is 0 Å². The van der Waals surface area contributed by atoms with Gasteiger partial charge >= 0.3 is 0 Å². The van der Waals surface area contributed by atoms with Crippen LogP contribution in [0.4, 0.5) is 0 Å². The Morgan fingerprint density at radius 1 is 1.30 bits per heavy atom. The zero-order valence-corrected chi connectivity index (χ0v) is 19.6. The molecule has 0 aromatic heterocycles. The third kappa shape index (κ3) is 9.03. The van der Waals surface area contributed by atoms with Crippen LogP contribution in [-0.2, 0) is 13.6 Å². The van der Waals surface area contributed by atoms with Gasteiger partial charge in [-0.1, -0.05) is 25.2 Å². The van der Waals surface area contributed by atoms with E-state index in [1.807, 2.05) is 11.9 Å². The molecule has 27 heavy (non-hydrogen) atoms. The molecule has 0 aliphatic heterocycles. The minimum absolute atomic E-state index is 0.0214. The number of allylic oxidation sites excluding steroid dienone is 1. The highest BCUT2D eigenvalue weighted by Gasteiger charge is 2.33. The summed E-state index contributed by atoms with van der Waals surface area (Å²) in [5, 5.41) is 0. The minimum atomic E-state index is -2.22. The molecule has 0 saturated heterocycles. The van der Waals surface area contributed by atoms with Gasteiger partial charge in [0.25, 0.3) is 8.53 Å². The van der Waals surface area contributed by atoms with E-state index in [1.165, 1.54) is 0 Å². The van der Waals surface area contributed by atoms with Gasteiger partial charge in [-0.25, -0.2) is 11.2 Å². The lowest BCUT2D eigenvalue weighted by Gasteiger charge is -2.39. The zero-order valence-electron chi connectivity index (χ0n) is 17.8. The fourth-order valence-corrected chi connectivity index (χ4v) is 5.42. The average molecular weight is 414 g/mol. The third-order valence-electron chi connectivity index (χ3n) is 4.24. The Bertz CT molecular complexity index is 585. The maximum absolute atomic E-state index is 12.1. The van der Waals surface area contributed by atoms with Crippen molar-refractivity contribution in [2.75, 3.05) is 26.5 Å². The molecule has 0 aromatic rings. The molecule has 0 aromatic carbocycles. The number of hydrogen-bond acceptors (Lipinski definition) is 4. The molecule has 4 atom stereocenters. The molecule has 0 spiro atoms. The Hall–Kier alpha value is -0.490. The summed E-state index contributed by atoms with van der Waals surface area (Å²) in [5.41, 5.74) is 0. The van der Waals surface area contributed by atoms with Crippen LogP contribution in [0.25, 0.3) is 4.85 Å². The van der Waals surface area contributed by atoms with Crippen LogP contribution in [-0.4, -0.2) is 49.3 Å². The van der Waals surface area contributed by atoms with Gasteiger partial charge in [-0.2, -0.15) is 0 Å². The van der Waals surface area contributed by atoms with Crippen molar-refractivity contribution in [3.63, 3.8) is 0 Å². The molecule has 0 radical (unpaired) electrons. The first-order chi connectivity index (χ1) is 12.5. The lowest BCUT2D eigenvalue weighted by Crippen LogP contribution is -2.36. The molecule has 4 unspecified atom stereocenters. The second kappa shape index (κ2) is 11.5. The Morgan fingerprint density at radius 2 is 1.93 bits per heavy atom. The van der Waals surface area contributed by atoms with Gasteiger partial charge in [0.1, 0.15) is 13.7 Å². The first kappa shape index (κ1) is 24.5. The molecule has 0 fully saturated rings. The third-order valence-corrected chi connectivity index (χ3v) is 7.29. The molecule has 0 amide bonds. The molecule has 1 aliphatic rings. The van der Waals surface area contributed by atoms with E-state index in [0.717, 1.165) is 6.42 Å². The maximum atomic E-state index is 12.1. The molecule has 7 heteroatoms. The van der Waals surface area contributed by atoms with Crippen LogP contribution in [0.15, 0.2) is 24.0 Å². The van der Waals surface area contributed by atoms with Crippen LogP contribution < -0.4 is 0 Å². The molecule has 154 valence electrons. The largest absolute Gasteiger partial charge is 0.320 e. The summed E-state index contributed by atoms with van der Waals surface area (Å²) >= 11 is 0. The molecule has 0 heterocycles. The van der Waals surface area contributed by atoms with E-state index in [0.29, 0.717) is 19.1 Å². The highest BCUT2D eigenvalue weighted by molar-refractivity contribution is 7.65. The topological polar surface area (TPSA) is 43.1 Å². The predicted octanol–water partition coefficient (Wildman–Crippen LogP) is 6.00. The van der Waals surface area contributed by atoms with Crippen molar-refractivity contribution >= 4 is 15.7 Å². The zero-order chi connectivity index (χ0) is 20.6. The highest BCUT2D eigenvalue weighted by atomic mass is 31.2. The second-order valence-electron chi connectivity index (χ2n) is 8.12. The fraction of sp³-hybridized carbons (Fsp3) is 0.750. The van der Waals surface area contributed by atoms with Crippen LogP contribution >= 0.6 is 15.7 Å². The molecule has 1 rings (SSSR count). The Balaban J connectivity index is 3.03. The fourth-order valence-electron chi connectivity index (χ4n) is 3.06. The molecule has 1 aliphatic carbocycles. The summed E-state index contributed by atoms with van der Waals surface area (Å²) in [5.74, 6) is 2.35. The monoisotopic (exact) mass is 414 g/mol. The summed E-state index contributed by atoms with van der Waals surface area (Å²) in [6, 6.07) is 0.558. The van der Waals surface area contributed by atoms with Crippen LogP contribution in [0.1, 0.15) is 41.0 Å². The number of hydrogen-bond donors (Lipinski definition) is 0. The predicted molar refractivity (Wildman–Crippen MR) is 116 cm³/mol. The summed E-state index contributed by atoms with van der Waals surface area (Å²) in [6.45, 7) is 22.0. The summed E-state index contributed by atoms with van der Waals surface area (Å²) in [4.78, 5) is 3.39. The molecule has 0 N–H and O–H groups in total. The van der Waals surface area contributed by atoms with Gasteiger partial charge in [0.2, 0.25) is 6.54 Å². The van der Waals surface area contributed by atoms with E-state index < -0.39 is 15.7 Å². The SMILES string of the molecule is [C-]#[N+]CCOP(OC1CC(C)C=CC1/C=C/P(C)(C)=O)N(C(C)C)C(C)C.